The maximum atomic E-state index is 12.3. The van der Waals surface area contributed by atoms with Crippen molar-refractivity contribution in [2.24, 2.45) is 0 Å². The second kappa shape index (κ2) is 8.00. The van der Waals surface area contributed by atoms with Crippen molar-refractivity contribution in [1.82, 2.24) is 10.9 Å². The third-order valence-electron chi connectivity index (χ3n) is 3.54. The van der Waals surface area contributed by atoms with E-state index in [-0.39, 0.29) is 11.9 Å². The van der Waals surface area contributed by atoms with Crippen LogP contribution in [0.5, 0.6) is 5.75 Å². The number of carbonyl (C=O) groups excluding carboxylic acids is 1. The average Bonchev–Trinajstić information content (AvgIpc) is 2.95. The maximum absolute atomic E-state index is 12.3. The third kappa shape index (κ3) is 4.44. The van der Waals surface area contributed by atoms with Crippen molar-refractivity contribution in [2.45, 2.75) is 51.6 Å². The molecule has 116 valence electrons. The first-order valence-electron chi connectivity index (χ1n) is 7.78. The molecule has 1 fully saturated rings. The number of para-hydroxylation sites is 2. The Kier molecular flexibility index (Phi) is 6.02. The van der Waals surface area contributed by atoms with Crippen molar-refractivity contribution in [3.63, 3.8) is 0 Å². The van der Waals surface area contributed by atoms with Gasteiger partial charge in [-0.05, 0) is 31.4 Å². The smallest absolute Gasteiger partial charge is 0.243 e. The number of rotatable bonds is 7. The first kappa shape index (κ1) is 15.8. The van der Waals surface area contributed by atoms with E-state index in [2.05, 4.69) is 30.0 Å². The van der Waals surface area contributed by atoms with Gasteiger partial charge in [-0.3, -0.25) is 10.2 Å². The molecule has 1 saturated heterocycles. The first-order chi connectivity index (χ1) is 10.2. The Hall–Kier alpha value is -1.59. The molecule has 1 heterocycles. The van der Waals surface area contributed by atoms with Crippen LogP contribution in [-0.4, -0.2) is 24.6 Å². The van der Waals surface area contributed by atoms with Gasteiger partial charge in [0.25, 0.3) is 0 Å². The predicted molar refractivity (Wildman–Crippen MR) is 84.2 cm³/mol. The van der Waals surface area contributed by atoms with E-state index in [0.717, 1.165) is 37.1 Å². The number of hydrogen-bond acceptors (Lipinski definition) is 4. The zero-order valence-corrected chi connectivity index (χ0v) is 12.8. The van der Waals surface area contributed by atoms with Crippen molar-refractivity contribution in [3.8, 4) is 5.75 Å². The molecule has 1 amide bonds. The van der Waals surface area contributed by atoms with Crippen LogP contribution in [0, 0.1) is 0 Å². The largest absolute Gasteiger partial charge is 0.491 e. The number of anilines is 1. The lowest BCUT2D eigenvalue weighted by molar-refractivity contribution is -0.117. The van der Waals surface area contributed by atoms with Crippen LogP contribution in [0.4, 0.5) is 5.69 Å². The Morgan fingerprint density at radius 2 is 2.10 bits per heavy atom. The molecule has 0 aromatic heterocycles. The minimum atomic E-state index is -0.194. The fourth-order valence-corrected chi connectivity index (χ4v) is 2.46. The monoisotopic (exact) mass is 291 g/mol. The molecule has 0 spiro atoms. The van der Waals surface area contributed by atoms with E-state index >= 15 is 0 Å². The summed E-state index contributed by atoms with van der Waals surface area (Å²) in [5.74, 6) is 0.706. The van der Waals surface area contributed by atoms with Gasteiger partial charge in [-0.15, -0.1) is 0 Å². The molecule has 5 heteroatoms. The van der Waals surface area contributed by atoms with E-state index in [0.29, 0.717) is 12.6 Å². The quantitative estimate of drug-likeness (QED) is 0.722. The molecule has 1 aromatic rings. The molecule has 0 saturated carbocycles. The van der Waals surface area contributed by atoms with Crippen molar-refractivity contribution in [1.29, 1.82) is 0 Å². The summed E-state index contributed by atoms with van der Waals surface area (Å²) in [5, 5.41) is 2.96. The van der Waals surface area contributed by atoms with Gasteiger partial charge in [0.15, 0.2) is 0 Å². The number of benzene rings is 1. The summed E-state index contributed by atoms with van der Waals surface area (Å²) in [5.41, 5.74) is 6.99. The molecule has 0 radical (unpaired) electrons. The lowest BCUT2D eigenvalue weighted by Crippen LogP contribution is -2.40. The lowest BCUT2D eigenvalue weighted by atomic mass is 10.1. The Balaban J connectivity index is 1.94. The van der Waals surface area contributed by atoms with Crippen molar-refractivity contribution >= 4 is 11.6 Å². The fourth-order valence-electron chi connectivity index (χ4n) is 2.46. The molecule has 21 heavy (non-hydrogen) atoms. The van der Waals surface area contributed by atoms with Gasteiger partial charge >= 0.3 is 0 Å². The second-order valence-corrected chi connectivity index (χ2v) is 5.40. The normalized spacial score (nSPS) is 21.2. The standard InChI is InChI=1S/C16H25N3O2/c1-3-7-12-11-14(19-18-12)16(20)17-13-8-5-6-9-15(13)21-10-4-2/h5-6,8-9,12,14,18-19H,3-4,7,10-11H2,1-2H3,(H,17,20). The molecule has 3 N–H and O–H groups in total. The summed E-state index contributed by atoms with van der Waals surface area (Å²) in [6.07, 6.45) is 3.95. The van der Waals surface area contributed by atoms with Gasteiger partial charge < -0.3 is 10.1 Å². The second-order valence-electron chi connectivity index (χ2n) is 5.40. The number of hydrazine groups is 1. The summed E-state index contributed by atoms with van der Waals surface area (Å²) in [6.45, 7) is 4.86. The van der Waals surface area contributed by atoms with E-state index in [9.17, 15) is 4.79 Å². The molecule has 1 aromatic carbocycles. The summed E-state index contributed by atoms with van der Waals surface area (Å²) in [4.78, 5) is 12.3. The van der Waals surface area contributed by atoms with Crippen LogP contribution in [-0.2, 0) is 4.79 Å². The van der Waals surface area contributed by atoms with Crippen LogP contribution in [0.2, 0.25) is 0 Å². The summed E-state index contributed by atoms with van der Waals surface area (Å²) in [6, 6.07) is 7.74. The van der Waals surface area contributed by atoms with Gasteiger partial charge in [-0.2, -0.15) is 0 Å². The molecule has 1 aliphatic rings. The number of carbonyl (C=O) groups is 1. The van der Waals surface area contributed by atoms with Crippen LogP contribution in [0.1, 0.15) is 39.5 Å². The van der Waals surface area contributed by atoms with Crippen molar-refractivity contribution < 1.29 is 9.53 Å². The molecular weight excluding hydrogens is 266 g/mol. The SMILES string of the molecule is CCCOc1ccccc1NC(=O)C1CC(CCC)NN1. The summed E-state index contributed by atoms with van der Waals surface area (Å²) in [7, 11) is 0. The predicted octanol–water partition coefficient (Wildman–Crippen LogP) is 2.45. The van der Waals surface area contributed by atoms with Crippen molar-refractivity contribution in [3.05, 3.63) is 24.3 Å². The van der Waals surface area contributed by atoms with Crippen LogP contribution in [0.15, 0.2) is 24.3 Å². The van der Waals surface area contributed by atoms with Crippen LogP contribution in [0.3, 0.4) is 0 Å². The van der Waals surface area contributed by atoms with Gasteiger partial charge in [-0.25, -0.2) is 5.43 Å². The van der Waals surface area contributed by atoms with Crippen LogP contribution in [0.25, 0.3) is 0 Å². The topological polar surface area (TPSA) is 62.4 Å². The minimum Gasteiger partial charge on any atom is -0.491 e. The highest BCUT2D eigenvalue weighted by molar-refractivity contribution is 5.96. The van der Waals surface area contributed by atoms with Gasteiger partial charge in [0.2, 0.25) is 5.91 Å². The van der Waals surface area contributed by atoms with E-state index in [1.54, 1.807) is 0 Å². The van der Waals surface area contributed by atoms with Crippen LogP contribution < -0.4 is 20.9 Å². The van der Waals surface area contributed by atoms with Crippen molar-refractivity contribution in [2.75, 3.05) is 11.9 Å². The van der Waals surface area contributed by atoms with E-state index in [4.69, 9.17) is 4.74 Å². The Bertz CT molecular complexity index is 465. The Labute approximate surface area is 126 Å². The van der Waals surface area contributed by atoms with Crippen LogP contribution >= 0.6 is 0 Å². The first-order valence-corrected chi connectivity index (χ1v) is 7.78. The van der Waals surface area contributed by atoms with Gasteiger partial charge in [0, 0.05) is 6.04 Å². The zero-order valence-electron chi connectivity index (χ0n) is 12.8. The highest BCUT2D eigenvalue weighted by Gasteiger charge is 2.28. The van der Waals surface area contributed by atoms with E-state index in [1.165, 1.54) is 0 Å². The maximum Gasteiger partial charge on any atom is 0.243 e. The van der Waals surface area contributed by atoms with E-state index in [1.807, 2.05) is 24.3 Å². The van der Waals surface area contributed by atoms with Gasteiger partial charge in [0.1, 0.15) is 11.8 Å². The van der Waals surface area contributed by atoms with Gasteiger partial charge in [-0.1, -0.05) is 32.4 Å². The molecule has 1 aliphatic heterocycles. The number of nitrogens with one attached hydrogen (secondary N) is 3. The van der Waals surface area contributed by atoms with E-state index < -0.39 is 0 Å². The molecule has 2 atom stereocenters. The highest BCUT2D eigenvalue weighted by atomic mass is 16.5. The van der Waals surface area contributed by atoms with Gasteiger partial charge in [0.05, 0.1) is 12.3 Å². The number of amides is 1. The molecule has 5 nitrogen and oxygen atoms in total. The molecule has 0 aliphatic carbocycles. The average molecular weight is 291 g/mol. The Morgan fingerprint density at radius 1 is 1.29 bits per heavy atom. The zero-order chi connectivity index (χ0) is 15.1. The summed E-state index contributed by atoms with van der Waals surface area (Å²) >= 11 is 0. The molecule has 0 bridgehead atoms. The lowest BCUT2D eigenvalue weighted by Gasteiger charge is -2.14. The third-order valence-corrected chi connectivity index (χ3v) is 3.54. The Morgan fingerprint density at radius 3 is 2.86 bits per heavy atom. The highest BCUT2D eigenvalue weighted by Crippen LogP contribution is 2.24. The fraction of sp³-hybridized carbons (Fsp3) is 0.562. The molecular formula is C16H25N3O2. The molecule has 2 unspecified atom stereocenters. The minimum absolute atomic E-state index is 0.0198. The molecule has 2 rings (SSSR count). The number of hydrogen-bond donors (Lipinski definition) is 3. The number of ether oxygens (including phenoxy) is 1. The summed E-state index contributed by atoms with van der Waals surface area (Å²) < 4.78 is 5.66.